The zero-order valence-electron chi connectivity index (χ0n) is 5.61. The summed E-state index contributed by atoms with van der Waals surface area (Å²) >= 11 is 0. The van der Waals surface area contributed by atoms with E-state index in [0.717, 1.165) is 0 Å². The van der Waals surface area contributed by atoms with E-state index in [4.69, 9.17) is 5.11 Å². The molecule has 0 aliphatic rings. The number of aliphatic carboxylic acids is 1. The molecule has 0 aliphatic heterocycles. The summed E-state index contributed by atoms with van der Waals surface area (Å²) in [5.41, 5.74) is 0. The quantitative estimate of drug-likeness (QED) is 0.430. The van der Waals surface area contributed by atoms with Crippen LogP contribution in [0.3, 0.4) is 0 Å². The van der Waals surface area contributed by atoms with Crippen LogP contribution in [-0.4, -0.2) is 23.6 Å². The van der Waals surface area contributed by atoms with Crippen molar-refractivity contribution in [1.82, 2.24) is 0 Å². The van der Waals surface area contributed by atoms with Crippen LogP contribution in [0.15, 0.2) is 22.3 Å². The molecule has 1 N–H and O–H groups in total. The van der Waals surface area contributed by atoms with Crippen LogP contribution in [-0.2, 0) is 4.79 Å². The van der Waals surface area contributed by atoms with E-state index in [-0.39, 0.29) is 5.84 Å². The van der Waals surface area contributed by atoms with Gasteiger partial charge in [0.25, 0.3) is 0 Å². The molecule has 0 aromatic rings. The average Bonchev–Trinajstić information content (AvgIpc) is 1.89. The van der Waals surface area contributed by atoms with Crippen LogP contribution in [0.2, 0.25) is 0 Å². The minimum Gasteiger partial charge on any atom is -0.475 e. The maximum atomic E-state index is 10.1. The predicted octanol–water partition coefficient (Wildman–Crippen LogP) is 0.704. The minimum absolute atomic E-state index is 0.293. The summed E-state index contributed by atoms with van der Waals surface area (Å²) in [5.74, 6) is -1.47. The van der Waals surface area contributed by atoms with E-state index in [1.807, 2.05) is 0 Å². The van der Waals surface area contributed by atoms with Crippen molar-refractivity contribution in [3.63, 3.8) is 0 Å². The highest BCUT2D eigenvalue weighted by molar-refractivity contribution is 6.35. The van der Waals surface area contributed by atoms with E-state index >= 15 is 0 Å². The van der Waals surface area contributed by atoms with Gasteiger partial charge in [0.2, 0.25) is 5.84 Å². The molecule has 0 atom stereocenters. The largest absolute Gasteiger partial charge is 0.475 e. The average molecular weight is 140 g/mol. The van der Waals surface area contributed by atoms with Gasteiger partial charge < -0.3 is 5.11 Å². The van der Waals surface area contributed by atoms with Crippen molar-refractivity contribution in [1.29, 1.82) is 0 Å². The summed E-state index contributed by atoms with van der Waals surface area (Å²) in [6.07, 6.45) is 2.95. The molecule has 0 rings (SSSR count). The van der Waals surface area contributed by atoms with Crippen LogP contribution >= 0.6 is 0 Å². The number of amidine groups is 1. The highest BCUT2D eigenvalue weighted by atomic mass is 16.4. The molecular weight excluding hydrogens is 132 g/mol. The first-order valence-corrected chi connectivity index (χ1v) is 2.61. The molecule has 0 amide bonds. The lowest BCUT2D eigenvalue weighted by atomic mass is 10.6. The van der Waals surface area contributed by atoms with Crippen molar-refractivity contribution in [2.75, 3.05) is 0 Å². The molecule has 0 bridgehead atoms. The Hall–Kier alpha value is -1.45. The molecule has 0 heterocycles. The third-order valence-electron chi connectivity index (χ3n) is 0.687. The molecule has 10 heavy (non-hydrogen) atoms. The second-order valence-corrected chi connectivity index (χ2v) is 1.40. The van der Waals surface area contributed by atoms with E-state index < -0.39 is 5.97 Å². The number of nitrogens with zero attached hydrogens (tertiary/aromatic N) is 2. The molecule has 0 saturated carbocycles. The monoisotopic (exact) mass is 140 g/mol. The maximum Gasteiger partial charge on any atom is 0.373 e. The van der Waals surface area contributed by atoms with Gasteiger partial charge in [0, 0.05) is 6.20 Å². The van der Waals surface area contributed by atoms with Crippen molar-refractivity contribution < 1.29 is 9.90 Å². The Morgan fingerprint density at radius 3 is 2.60 bits per heavy atom. The third kappa shape index (κ3) is 2.76. The standard InChI is InChI=1S/C6H8N2O2/c1-3-4-8-5(7-2)6(9)10/h3-4H,2H2,1H3,(H,9,10)/b4-3-,8-5?. The predicted molar refractivity (Wildman–Crippen MR) is 39.4 cm³/mol. The summed E-state index contributed by atoms with van der Waals surface area (Å²) in [6, 6.07) is 0. The van der Waals surface area contributed by atoms with Gasteiger partial charge in [-0.2, -0.15) is 0 Å². The van der Waals surface area contributed by atoms with E-state index in [1.165, 1.54) is 6.20 Å². The fraction of sp³-hybridized carbons (Fsp3) is 0.167. The molecule has 54 valence electrons. The maximum absolute atomic E-state index is 10.1. The molecule has 0 spiro atoms. The lowest BCUT2D eigenvalue weighted by Crippen LogP contribution is -2.08. The highest BCUT2D eigenvalue weighted by Crippen LogP contribution is 1.82. The van der Waals surface area contributed by atoms with Gasteiger partial charge in [-0.3, -0.25) is 0 Å². The highest BCUT2D eigenvalue weighted by Gasteiger charge is 2.02. The van der Waals surface area contributed by atoms with Crippen molar-refractivity contribution in [3.8, 4) is 0 Å². The van der Waals surface area contributed by atoms with Crippen molar-refractivity contribution in [2.45, 2.75) is 6.92 Å². The first kappa shape index (κ1) is 8.55. The SMILES string of the molecule is C=NC(=N/C=C\C)C(=O)O. The number of carboxylic acid groups (broad SMARTS) is 1. The lowest BCUT2D eigenvalue weighted by Gasteiger charge is -1.86. The molecule has 0 aliphatic carbocycles. The van der Waals surface area contributed by atoms with Gasteiger partial charge in [0.1, 0.15) is 0 Å². The molecule has 0 unspecified atom stereocenters. The van der Waals surface area contributed by atoms with Gasteiger partial charge in [-0.1, -0.05) is 6.08 Å². The van der Waals surface area contributed by atoms with E-state index in [1.54, 1.807) is 13.0 Å². The Labute approximate surface area is 58.6 Å². The summed E-state index contributed by atoms with van der Waals surface area (Å²) in [4.78, 5) is 16.8. The van der Waals surface area contributed by atoms with Crippen LogP contribution in [0.4, 0.5) is 0 Å². The Kier molecular flexibility index (Phi) is 3.79. The summed E-state index contributed by atoms with van der Waals surface area (Å²) in [7, 11) is 0. The van der Waals surface area contributed by atoms with E-state index in [2.05, 4.69) is 16.7 Å². The van der Waals surface area contributed by atoms with Crippen LogP contribution in [0, 0.1) is 0 Å². The molecule has 0 aromatic heterocycles. The molecular formula is C6H8N2O2. The summed E-state index contributed by atoms with van der Waals surface area (Å²) < 4.78 is 0. The van der Waals surface area contributed by atoms with Crippen LogP contribution in [0.1, 0.15) is 6.92 Å². The lowest BCUT2D eigenvalue weighted by molar-refractivity contribution is -0.129. The number of rotatable bonds is 1. The van der Waals surface area contributed by atoms with Crippen LogP contribution in [0.5, 0.6) is 0 Å². The molecule has 4 nitrogen and oxygen atoms in total. The zero-order valence-corrected chi connectivity index (χ0v) is 5.61. The zero-order chi connectivity index (χ0) is 7.98. The van der Waals surface area contributed by atoms with E-state index in [9.17, 15) is 4.79 Å². The first-order chi connectivity index (χ1) is 4.72. The molecule has 0 radical (unpaired) electrons. The molecule has 4 heteroatoms. The number of carboxylic acids is 1. The van der Waals surface area contributed by atoms with Crippen LogP contribution < -0.4 is 0 Å². The summed E-state index contributed by atoms with van der Waals surface area (Å²) in [5, 5.41) is 8.30. The van der Waals surface area contributed by atoms with E-state index in [0.29, 0.717) is 0 Å². The fourth-order valence-corrected chi connectivity index (χ4v) is 0.309. The van der Waals surface area contributed by atoms with Crippen LogP contribution in [0.25, 0.3) is 0 Å². The second kappa shape index (κ2) is 4.43. The Morgan fingerprint density at radius 2 is 2.30 bits per heavy atom. The number of hydrogen-bond donors (Lipinski definition) is 1. The topological polar surface area (TPSA) is 62.0 Å². The third-order valence-corrected chi connectivity index (χ3v) is 0.687. The molecule has 0 saturated heterocycles. The fourth-order valence-electron chi connectivity index (χ4n) is 0.309. The van der Waals surface area contributed by atoms with Gasteiger partial charge in [-0.05, 0) is 13.6 Å². The van der Waals surface area contributed by atoms with Gasteiger partial charge in [-0.25, -0.2) is 14.8 Å². The Morgan fingerprint density at radius 1 is 1.70 bits per heavy atom. The van der Waals surface area contributed by atoms with Gasteiger partial charge in [0.05, 0.1) is 0 Å². The second-order valence-electron chi connectivity index (χ2n) is 1.40. The van der Waals surface area contributed by atoms with Crippen molar-refractivity contribution in [3.05, 3.63) is 12.3 Å². The van der Waals surface area contributed by atoms with Gasteiger partial charge >= 0.3 is 5.97 Å². The molecule has 0 aromatic carbocycles. The number of allylic oxidation sites excluding steroid dienone is 1. The van der Waals surface area contributed by atoms with Gasteiger partial charge in [0.15, 0.2) is 0 Å². The Bertz CT molecular complexity index is 194. The van der Waals surface area contributed by atoms with Crippen molar-refractivity contribution >= 4 is 18.5 Å². The molecule has 0 fully saturated rings. The number of hydrogen-bond acceptors (Lipinski definition) is 2. The Balaban J connectivity index is 4.33. The first-order valence-electron chi connectivity index (χ1n) is 2.61. The number of carbonyl (C=O) groups is 1. The minimum atomic E-state index is -1.17. The smallest absolute Gasteiger partial charge is 0.373 e. The number of aliphatic imine (C=N–C) groups is 2. The van der Waals surface area contributed by atoms with Gasteiger partial charge in [-0.15, -0.1) is 0 Å². The van der Waals surface area contributed by atoms with Crippen molar-refractivity contribution in [2.24, 2.45) is 9.98 Å². The summed E-state index contributed by atoms with van der Waals surface area (Å²) in [6.45, 7) is 4.77. The normalized spacial score (nSPS) is 11.9.